The molecule has 0 aromatic heterocycles. The van der Waals surface area contributed by atoms with E-state index in [-0.39, 0.29) is 5.92 Å². The summed E-state index contributed by atoms with van der Waals surface area (Å²) in [6, 6.07) is 0. The molecule has 0 amide bonds. The van der Waals surface area contributed by atoms with Gasteiger partial charge in [-0.1, -0.05) is 6.08 Å². The first-order valence-electron chi connectivity index (χ1n) is 4.41. The highest BCUT2D eigenvalue weighted by molar-refractivity contribution is 4.74. The van der Waals surface area contributed by atoms with Crippen LogP contribution in [0.2, 0.25) is 0 Å². The molecule has 1 rings (SSSR count). The fourth-order valence-corrected chi connectivity index (χ4v) is 1.00. The van der Waals surface area contributed by atoms with Crippen LogP contribution in [0.4, 0.5) is 0 Å². The highest BCUT2D eigenvalue weighted by atomic mass is 16.5. The topological polar surface area (TPSA) is 9.23 Å². The Bertz CT molecular complexity index is 145. The third-order valence-corrected chi connectivity index (χ3v) is 1.50. The highest BCUT2D eigenvalue weighted by Gasteiger charge is 2.10. The normalized spacial score (nSPS) is 36.7. The van der Waals surface area contributed by atoms with E-state index in [2.05, 4.69) is 6.58 Å². The van der Waals surface area contributed by atoms with Gasteiger partial charge in [-0.15, -0.1) is 6.58 Å². The van der Waals surface area contributed by atoms with Gasteiger partial charge in [-0.3, -0.25) is 0 Å². The predicted molar refractivity (Wildman–Crippen MR) is 38.4 cm³/mol. The second-order valence-electron chi connectivity index (χ2n) is 2.33. The zero-order valence-corrected chi connectivity index (χ0v) is 5.60. The van der Waals surface area contributed by atoms with E-state index in [1.165, 1.54) is 0 Å². The number of hydrogen-bond acceptors (Lipinski definition) is 1. The minimum Gasteiger partial charge on any atom is -0.381 e. The summed E-state index contributed by atoms with van der Waals surface area (Å²) in [7, 11) is 0. The molecule has 1 aliphatic heterocycles. The van der Waals surface area contributed by atoms with Crippen LogP contribution >= 0.6 is 0 Å². The van der Waals surface area contributed by atoms with Crippen LogP contribution in [0, 0.1) is 5.92 Å². The third-order valence-electron chi connectivity index (χ3n) is 1.50. The number of allylic oxidation sites excluding steroid dienone is 1. The summed E-state index contributed by atoms with van der Waals surface area (Å²) < 4.78 is 20.0. The first kappa shape index (κ1) is 4.51. The molecule has 1 nitrogen and oxygen atoms in total. The average Bonchev–Trinajstić information content (AvgIpc) is 1.94. The van der Waals surface area contributed by atoms with E-state index in [9.17, 15) is 0 Å². The Morgan fingerprint density at radius 2 is 2.78 bits per heavy atom. The van der Waals surface area contributed by atoms with Crippen LogP contribution in [0.15, 0.2) is 12.7 Å². The lowest BCUT2D eigenvalue weighted by Crippen LogP contribution is -2.16. The molecule has 1 unspecified atom stereocenters. The van der Waals surface area contributed by atoms with Gasteiger partial charge in [0.25, 0.3) is 0 Å². The zero-order valence-electron chi connectivity index (χ0n) is 7.60. The maximum atomic E-state index is 7.48. The molecule has 1 heterocycles. The monoisotopic (exact) mass is 128 g/mol. The van der Waals surface area contributed by atoms with Crippen molar-refractivity contribution in [1.29, 1.82) is 0 Å². The maximum Gasteiger partial charge on any atom is 0.0570 e. The van der Waals surface area contributed by atoms with Gasteiger partial charge in [0.15, 0.2) is 0 Å². The Morgan fingerprint density at radius 1 is 1.89 bits per heavy atom. The molecule has 0 radical (unpaired) electrons. The van der Waals surface area contributed by atoms with Gasteiger partial charge in [-0.2, -0.15) is 0 Å². The Morgan fingerprint density at radius 3 is 3.44 bits per heavy atom. The molecule has 1 saturated heterocycles. The van der Waals surface area contributed by atoms with Crippen molar-refractivity contribution >= 4 is 0 Å². The van der Waals surface area contributed by atoms with Crippen LogP contribution in [-0.4, -0.2) is 13.2 Å². The molecule has 1 heteroatoms. The second kappa shape index (κ2) is 3.67. The van der Waals surface area contributed by atoms with Gasteiger partial charge < -0.3 is 4.74 Å². The number of rotatable bonds is 2. The lowest BCUT2D eigenvalue weighted by Gasteiger charge is -2.20. The molecule has 0 bridgehead atoms. The third kappa shape index (κ3) is 2.19. The number of hydrogen-bond donors (Lipinski definition) is 0. The van der Waals surface area contributed by atoms with Gasteiger partial charge in [0.05, 0.1) is 2.74 Å². The second-order valence-corrected chi connectivity index (χ2v) is 2.33. The average molecular weight is 128 g/mol. The summed E-state index contributed by atoms with van der Waals surface area (Å²) in [6.07, 6.45) is 4.36. The molecule has 9 heavy (non-hydrogen) atoms. The van der Waals surface area contributed by atoms with E-state index in [1.54, 1.807) is 6.08 Å². The predicted octanol–water partition coefficient (Wildman–Crippen LogP) is 1.99. The van der Waals surface area contributed by atoms with E-state index in [1.807, 2.05) is 0 Å². The van der Waals surface area contributed by atoms with E-state index < -0.39 is 6.56 Å². The molecule has 0 spiro atoms. The lowest BCUT2D eigenvalue weighted by atomic mass is 9.99. The Labute approximate surface area is 59.5 Å². The highest BCUT2D eigenvalue weighted by Crippen LogP contribution is 2.16. The van der Waals surface area contributed by atoms with Gasteiger partial charge >= 0.3 is 0 Å². The minimum atomic E-state index is -1.42. The SMILES string of the molecule is [2H]C1([2H])OCCCC1CC=C. The molecule has 1 atom stereocenters. The summed E-state index contributed by atoms with van der Waals surface area (Å²) in [5, 5.41) is 0. The molecule has 0 aromatic rings. The van der Waals surface area contributed by atoms with Crippen molar-refractivity contribution in [3.63, 3.8) is 0 Å². The van der Waals surface area contributed by atoms with Crippen molar-refractivity contribution in [3.05, 3.63) is 12.7 Å². The molecule has 0 aromatic carbocycles. The van der Waals surface area contributed by atoms with Crippen molar-refractivity contribution < 1.29 is 7.48 Å². The Balaban J connectivity index is 2.52. The molecule has 1 fully saturated rings. The molecular weight excluding hydrogens is 112 g/mol. The molecule has 0 aliphatic carbocycles. The van der Waals surface area contributed by atoms with Crippen LogP contribution in [0.1, 0.15) is 22.0 Å². The smallest absolute Gasteiger partial charge is 0.0570 e. The largest absolute Gasteiger partial charge is 0.381 e. The van der Waals surface area contributed by atoms with Gasteiger partial charge in [-0.25, -0.2) is 0 Å². The summed E-state index contributed by atoms with van der Waals surface area (Å²) in [5.74, 6) is 0.00810. The van der Waals surface area contributed by atoms with Crippen molar-refractivity contribution in [2.45, 2.75) is 19.3 Å². The van der Waals surface area contributed by atoms with Crippen molar-refractivity contribution in [1.82, 2.24) is 0 Å². The van der Waals surface area contributed by atoms with E-state index in [0.717, 1.165) is 12.8 Å². The quantitative estimate of drug-likeness (QED) is 0.517. The van der Waals surface area contributed by atoms with E-state index in [4.69, 9.17) is 7.48 Å². The van der Waals surface area contributed by atoms with Gasteiger partial charge in [0.2, 0.25) is 0 Å². The molecule has 52 valence electrons. The van der Waals surface area contributed by atoms with E-state index >= 15 is 0 Å². The molecular formula is C8H14O. The standard InChI is InChI=1S/C8H14O/c1-2-4-8-5-3-6-9-7-8/h2,8H,1,3-7H2/i7D2. The summed E-state index contributed by atoms with van der Waals surface area (Å²) in [6.45, 7) is 2.73. The van der Waals surface area contributed by atoms with Crippen LogP contribution in [0.3, 0.4) is 0 Å². The molecule has 0 N–H and O–H groups in total. The number of ether oxygens (including phenoxy) is 1. The summed E-state index contributed by atoms with van der Waals surface area (Å²) in [5.41, 5.74) is 0. The first-order chi connectivity index (χ1) is 5.17. The van der Waals surface area contributed by atoms with Crippen molar-refractivity contribution in [3.8, 4) is 0 Å². The van der Waals surface area contributed by atoms with Crippen LogP contribution in [0.25, 0.3) is 0 Å². The fourth-order valence-electron chi connectivity index (χ4n) is 1.00. The van der Waals surface area contributed by atoms with Gasteiger partial charge in [0, 0.05) is 13.2 Å². The lowest BCUT2D eigenvalue weighted by molar-refractivity contribution is 0.0560. The fraction of sp³-hybridized carbons (Fsp3) is 0.750. The first-order valence-corrected chi connectivity index (χ1v) is 3.41. The van der Waals surface area contributed by atoms with Gasteiger partial charge in [0.1, 0.15) is 0 Å². The van der Waals surface area contributed by atoms with Crippen LogP contribution in [-0.2, 0) is 4.74 Å². The van der Waals surface area contributed by atoms with Gasteiger partial charge in [-0.05, 0) is 25.2 Å². The van der Waals surface area contributed by atoms with Crippen LogP contribution in [0.5, 0.6) is 0 Å². The Kier molecular flexibility index (Phi) is 1.84. The molecule has 0 saturated carbocycles. The zero-order chi connectivity index (χ0) is 8.32. The summed E-state index contributed by atoms with van der Waals surface area (Å²) in [4.78, 5) is 0. The van der Waals surface area contributed by atoms with Crippen LogP contribution < -0.4 is 0 Å². The van der Waals surface area contributed by atoms with E-state index in [0.29, 0.717) is 13.0 Å². The molecule has 1 aliphatic rings. The van der Waals surface area contributed by atoms with Crippen molar-refractivity contribution in [2.75, 3.05) is 13.2 Å². The summed E-state index contributed by atoms with van der Waals surface area (Å²) >= 11 is 0. The maximum absolute atomic E-state index is 7.48. The van der Waals surface area contributed by atoms with Crippen molar-refractivity contribution in [2.24, 2.45) is 5.92 Å². The Hall–Kier alpha value is -0.300. The minimum absolute atomic E-state index is 0.00810.